The van der Waals surface area contributed by atoms with E-state index < -0.39 is 11.8 Å². The summed E-state index contributed by atoms with van der Waals surface area (Å²) in [5.74, 6) is 0.128. The Hall–Kier alpha value is -3.29. The van der Waals surface area contributed by atoms with Crippen molar-refractivity contribution in [2.45, 2.75) is 0 Å². The standard InChI is InChI=1S/C22H17ClN2O4S/c1-28-15-8-6-14(7-9-15)24-20-19(18-4-3-11-30-18)21(26)25(22(20)27)16-12-13(23)5-10-17(16)29-2/h3-12,24H,1-2H3. The molecule has 30 heavy (non-hydrogen) atoms. The maximum absolute atomic E-state index is 13.4. The van der Waals surface area contributed by atoms with Crippen LogP contribution < -0.4 is 19.7 Å². The van der Waals surface area contributed by atoms with E-state index in [1.807, 2.05) is 11.4 Å². The molecule has 1 aromatic heterocycles. The number of carbonyl (C=O) groups excluding carboxylic acids is 2. The summed E-state index contributed by atoms with van der Waals surface area (Å²) in [6, 6.07) is 15.5. The molecule has 0 atom stereocenters. The minimum atomic E-state index is -0.486. The van der Waals surface area contributed by atoms with E-state index in [0.717, 1.165) is 4.90 Å². The van der Waals surface area contributed by atoms with Gasteiger partial charge in [0, 0.05) is 15.6 Å². The van der Waals surface area contributed by atoms with Crippen molar-refractivity contribution in [3.05, 3.63) is 75.6 Å². The first-order chi connectivity index (χ1) is 14.5. The van der Waals surface area contributed by atoms with Crippen LogP contribution >= 0.6 is 22.9 Å². The third-order valence-electron chi connectivity index (χ3n) is 4.59. The largest absolute Gasteiger partial charge is 0.497 e. The van der Waals surface area contributed by atoms with Gasteiger partial charge in [-0.1, -0.05) is 17.7 Å². The summed E-state index contributed by atoms with van der Waals surface area (Å²) in [7, 11) is 3.05. The summed E-state index contributed by atoms with van der Waals surface area (Å²) in [6.45, 7) is 0. The average molecular weight is 441 g/mol. The molecule has 0 aliphatic carbocycles. The van der Waals surface area contributed by atoms with Crippen LogP contribution in [0.1, 0.15) is 4.88 Å². The summed E-state index contributed by atoms with van der Waals surface area (Å²) >= 11 is 7.52. The van der Waals surface area contributed by atoms with Gasteiger partial charge in [-0.2, -0.15) is 0 Å². The molecule has 2 amide bonds. The van der Waals surface area contributed by atoms with Gasteiger partial charge in [-0.3, -0.25) is 9.59 Å². The number of amides is 2. The van der Waals surface area contributed by atoms with Crippen LogP contribution in [-0.2, 0) is 9.59 Å². The molecule has 6 nitrogen and oxygen atoms in total. The van der Waals surface area contributed by atoms with Crippen LogP contribution in [0, 0.1) is 0 Å². The SMILES string of the molecule is COc1ccc(NC2=C(c3cccs3)C(=O)N(c3cc(Cl)ccc3OC)C2=O)cc1. The van der Waals surface area contributed by atoms with Crippen LogP contribution in [0.2, 0.25) is 5.02 Å². The van der Waals surface area contributed by atoms with E-state index in [1.54, 1.807) is 55.6 Å². The van der Waals surface area contributed by atoms with Crippen LogP contribution in [0.15, 0.2) is 65.7 Å². The molecule has 2 heterocycles. The van der Waals surface area contributed by atoms with Crippen molar-refractivity contribution in [1.29, 1.82) is 0 Å². The lowest BCUT2D eigenvalue weighted by atomic mass is 10.2. The van der Waals surface area contributed by atoms with E-state index >= 15 is 0 Å². The van der Waals surface area contributed by atoms with Crippen molar-refractivity contribution in [3.8, 4) is 11.5 Å². The zero-order valence-electron chi connectivity index (χ0n) is 16.1. The van der Waals surface area contributed by atoms with Gasteiger partial charge in [-0.25, -0.2) is 4.90 Å². The molecule has 0 radical (unpaired) electrons. The lowest BCUT2D eigenvalue weighted by Gasteiger charge is -2.18. The normalized spacial score (nSPS) is 13.8. The number of imide groups is 1. The van der Waals surface area contributed by atoms with Gasteiger partial charge in [0.25, 0.3) is 11.8 Å². The van der Waals surface area contributed by atoms with Gasteiger partial charge in [-0.05, 0) is 53.9 Å². The Labute approximate surface area is 182 Å². The molecule has 1 aliphatic heterocycles. The molecular weight excluding hydrogens is 424 g/mol. The van der Waals surface area contributed by atoms with Crippen LogP contribution in [0.4, 0.5) is 11.4 Å². The number of thiophene rings is 1. The fourth-order valence-corrected chi connectivity index (χ4v) is 4.10. The first-order valence-electron chi connectivity index (χ1n) is 8.95. The van der Waals surface area contributed by atoms with Crippen molar-refractivity contribution in [3.63, 3.8) is 0 Å². The topological polar surface area (TPSA) is 67.9 Å². The van der Waals surface area contributed by atoms with Crippen molar-refractivity contribution in [2.24, 2.45) is 0 Å². The number of benzene rings is 2. The quantitative estimate of drug-likeness (QED) is 0.557. The van der Waals surface area contributed by atoms with Crippen LogP contribution in [-0.4, -0.2) is 26.0 Å². The number of ether oxygens (including phenoxy) is 2. The van der Waals surface area contributed by atoms with Gasteiger partial charge in [-0.15, -0.1) is 11.3 Å². The highest BCUT2D eigenvalue weighted by Crippen LogP contribution is 2.40. The zero-order chi connectivity index (χ0) is 21.3. The minimum absolute atomic E-state index is 0.189. The molecule has 2 aromatic carbocycles. The third-order valence-corrected chi connectivity index (χ3v) is 5.72. The molecule has 4 rings (SSSR count). The molecule has 0 saturated heterocycles. The molecule has 0 saturated carbocycles. The number of nitrogens with zero attached hydrogens (tertiary/aromatic N) is 1. The van der Waals surface area contributed by atoms with E-state index in [-0.39, 0.29) is 5.70 Å². The predicted octanol–water partition coefficient (Wildman–Crippen LogP) is 4.82. The van der Waals surface area contributed by atoms with Crippen LogP contribution in [0.3, 0.4) is 0 Å². The Balaban J connectivity index is 1.80. The maximum Gasteiger partial charge on any atom is 0.282 e. The van der Waals surface area contributed by atoms with Gasteiger partial charge < -0.3 is 14.8 Å². The Kier molecular flexibility index (Phi) is 5.48. The van der Waals surface area contributed by atoms with Crippen LogP contribution in [0.5, 0.6) is 11.5 Å². The first-order valence-corrected chi connectivity index (χ1v) is 10.2. The van der Waals surface area contributed by atoms with E-state index in [1.165, 1.54) is 18.4 Å². The molecular formula is C22H17ClN2O4S. The van der Waals surface area contributed by atoms with Crippen molar-refractivity contribution >= 4 is 51.7 Å². The number of rotatable bonds is 6. The predicted molar refractivity (Wildman–Crippen MR) is 118 cm³/mol. The number of nitrogens with one attached hydrogen (secondary N) is 1. The number of anilines is 2. The van der Waals surface area contributed by atoms with E-state index in [2.05, 4.69) is 5.32 Å². The maximum atomic E-state index is 13.4. The highest BCUT2D eigenvalue weighted by Gasteiger charge is 2.42. The Morgan fingerprint density at radius 3 is 2.37 bits per heavy atom. The van der Waals surface area contributed by atoms with E-state index in [0.29, 0.717) is 38.3 Å². The minimum Gasteiger partial charge on any atom is -0.497 e. The van der Waals surface area contributed by atoms with Crippen molar-refractivity contribution in [1.82, 2.24) is 0 Å². The van der Waals surface area contributed by atoms with E-state index in [9.17, 15) is 9.59 Å². The van der Waals surface area contributed by atoms with E-state index in [4.69, 9.17) is 21.1 Å². The molecule has 152 valence electrons. The lowest BCUT2D eigenvalue weighted by molar-refractivity contribution is -0.120. The summed E-state index contributed by atoms with van der Waals surface area (Å²) < 4.78 is 10.5. The van der Waals surface area contributed by atoms with Gasteiger partial charge in [0.2, 0.25) is 0 Å². The summed E-state index contributed by atoms with van der Waals surface area (Å²) in [6.07, 6.45) is 0. The van der Waals surface area contributed by atoms with Crippen molar-refractivity contribution in [2.75, 3.05) is 24.4 Å². The second-order valence-electron chi connectivity index (χ2n) is 6.34. The first kappa shape index (κ1) is 20.0. The smallest absolute Gasteiger partial charge is 0.282 e. The fourth-order valence-electron chi connectivity index (χ4n) is 3.17. The van der Waals surface area contributed by atoms with Crippen molar-refractivity contribution < 1.29 is 19.1 Å². The van der Waals surface area contributed by atoms with Gasteiger partial charge in [0.15, 0.2) is 0 Å². The third kappa shape index (κ3) is 3.53. The fraction of sp³-hybridized carbons (Fsp3) is 0.0909. The summed E-state index contributed by atoms with van der Waals surface area (Å²) in [5.41, 5.74) is 1.43. The van der Waals surface area contributed by atoms with Gasteiger partial charge in [0.05, 0.1) is 25.5 Å². The monoisotopic (exact) mass is 440 g/mol. The highest BCUT2D eigenvalue weighted by molar-refractivity contribution is 7.11. The van der Waals surface area contributed by atoms with Crippen LogP contribution in [0.25, 0.3) is 5.57 Å². The average Bonchev–Trinajstić information content (AvgIpc) is 3.35. The van der Waals surface area contributed by atoms with Gasteiger partial charge >= 0.3 is 0 Å². The molecule has 3 aromatic rings. The molecule has 1 aliphatic rings. The molecule has 0 bridgehead atoms. The number of carbonyl (C=O) groups is 2. The number of hydrogen-bond acceptors (Lipinski definition) is 6. The Morgan fingerprint density at radius 2 is 1.73 bits per heavy atom. The highest BCUT2D eigenvalue weighted by atomic mass is 35.5. The molecule has 0 spiro atoms. The number of hydrogen-bond donors (Lipinski definition) is 1. The Bertz CT molecular complexity index is 1140. The molecule has 8 heteroatoms. The Morgan fingerprint density at radius 1 is 0.967 bits per heavy atom. The molecule has 0 unspecified atom stereocenters. The summed E-state index contributed by atoms with van der Waals surface area (Å²) in [5, 5.41) is 5.35. The zero-order valence-corrected chi connectivity index (χ0v) is 17.7. The number of methoxy groups -OCH3 is 2. The van der Waals surface area contributed by atoms with Gasteiger partial charge in [0.1, 0.15) is 17.2 Å². The molecule has 0 fully saturated rings. The molecule has 1 N–H and O–H groups in total. The summed E-state index contributed by atoms with van der Waals surface area (Å²) in [4.78, 5) is 28.6. The second kappa shape index (κ2) is 8.22. The second-order valence-corrected chi connectivity index (χ2v) is 7.73. The number of halogens is 1. The lowest BCUT2D eigenvalue weighted by Crippen LogP contribution is -2.32.